The minimum absolute atomic E-state index is 0.906. The van der Waals surface area contributed by atoms with Crippen LogP contribution in [0.4, 0.5) is 0 Å². The maximum Gasteiger partial charge on any atom is 0.118 e. The largest absolute Gasteiger partial charge is 0.497 e. The molecule has 0 aliphatic heterocycles. The molecular formula is C11H18N2O. The smallest absolute Gasteiger partial charge is 0.118 e. The van der Waals surface area contributed by atoms with Gasteiger partial charge in [-0.25, -0.2) is 0 Å². The fourth-order valence-corrected chi connectivity index (χ4v) is 1.19. The molecule has 1 aromatic carbocycles. The lowest BCUT2D eigenvalue weighted by Crippen LogP contribution is -2.24. The zero-order chi connectivity index (χ0) is 10.2. The Morgan fingerprint density at radius 3 is 2.43 bits per heavy atom. The molecule has 1 aromatic rings. The molecule has 0 radical (unpaired) electrons. The van der Waals surface area contributed by atoms with Gasteiger partial charge in [0.25, 0.3) is 0 Å². The van der Waals surface area contributed by atoms with Crippen LogP contribution in [0.3, 0.4) is 0 Å². The molecule has 0 atom stereocenters. The van der Waals surface area contributed by atoms with Crippen LogP contribution in [0, 0.1) is 0 Å². The fraction of sp³-hybridized carbons (Fsp3) is 0.455. The minimum atomic E-state index is 0.906. The number of ether oxygens (including phenoxy) is 1. The predicted octanol–water partition coefficient (Wildman–Crippen LogP) is 1.00. The second-order valence-electron chi connectivity index (χ2n) is 3.13. The van der Waals surface area contributed by atoms with Crippen molar-refractivity contribution in [3.63, 3.8) is 0 Å². The van der Waals surface area contributed by atoms with E-state index in [0.717, 1.165) is 25.4 Å². The molecule has 1 rings (SSSR count). The van der Waals surface area contributed by atoms with Gasteiger partial charge in [0, 0.05) is 19.6 Å². The highest BCUT2D eigenvalue weighted by Gasteiger charge is 1.93. The first-order chi connectivity index (χ1) is 6.86. The van der Waals surface area contributed by atoms with Crippen molar-refractivity contribution in [1.82, 2.24) is 10.6 Å². The van der Waals surface area contributed by atoms with Crippen LogP contribution in [-0.4, -0.2) is 27.2 Å². The second kappa shape index (κ2) is 6.40. The maximum absolute atomic E-state index is 5.08. The van der Waals surface area contributed by atoms with Gasteiger partial charge in [0.1, 0.15) is 5.75 Å². The molecule has 0 fully saturated rings. The Kier molecular flexibility index (Phi) is 5.04. The zero-order valence-corrected chi connectivity index (χ0v) is 8.84. The third-order valence-electron chi connectivity index (χ3n) is 2.04. The van der Waals surface area contributed by atoms with E-state index in [-0.39, 0.29) is 0 Å². The summed E-state index contributed by atoms with van der Waals surface area (Å²) in [7, 11) is 3.63. The Balaban J connectivity index is 2.29. The first-order valence-corrected chi connectivity index (χ1v) is 4.85. The van der Waals surface area contributed by atoms with Crippen LogP contribution in [0.2, 0.25) is 0 Å². The van der Waals surface area contributed by atoms with Gasteiger partial charge in [-0.2, -0.15) is 0 Å². The normalized spacial score (nSPS) is 10.1. The van der Waals surface area contributed by atoms with Crippen LogP contribution >= 0.6 is 0 Å². The standard InChI is InChI=1S/C11H18N2O/c1-12-7-8-13-9-10-3-5-11(14-2)6-4-10/h3-6,12-13H,7-9H2,1-2H3. The van der Waals surface area contributed by atoms with E-state index in [9.17, 15) is 0 Å². The van der Waals surface area contributed by atoms with Crippen LogP contribution in [-0.2, 0) is 6.54 Å². The summed E-state index contributed by atoms with van der Waals surface area (Å²) in [5.74, 6) is 0.906. The average molecular weight is 194 g/mol. The molecule has 0 spiro atoms. The zero-order valence-electron chi connectivity index (χ0n) is 8.84. The van der Waals surface area contributed by atoms with Gasteiger partial charge in [-0.3, -0.25) is 0 Å². The van der Waals surface area contributed by atoms with Crippen LogP contribution in [0.25, 0.3) is 0 Å². The molecule has 3 heteroatoms. The van der Waals surface area contributed by atoms with E-state index in [1.165, 1.54) is 5.56 Å². The summed E-state index contributed by atoms with van der Waals surface area (Å²) in [4.78, 5) is 0. The maximum atomic E-state index is 5.08. The van der Waals surface area contributed by atoms with Crippen molar-refractivity contribution in [3.8, 4) is 5.75 Å². The van der Waals surface area contributed by atoms with Gasteiger partial charge in [-0.1, -0.05) is 12.1 Å². The summed E-state index contributed by atoms with van der Waals surface area (Å²) in [6, 6.07) is 8.11. The van der Waals surface area contributed by atoms with Crippen molar-refractivity contribution < 1.29 is 4.74 Å². The quantitative estimate of drug-likeness (QED) is 0.663. The number of hydrogen-bond acceptors (Lipinski definition) is 3. The number of hydrogen-bond donors (Lipinski definition) is 2. The number of likely N-dealkylation sites (N-methyl/N-ethyl adjacent to an activating group) is 1. The van der Waals surface area contributed by atoms with Crippen molar-refractivity contribution in [2.24, 2.45) is 0 Å². The SMILES string of the molecule is CNCCNCc1ccc(OC)cc1. The fourth-order valence-electron chi connectivity index (χ4n) is 1.19. The topological polar surface area (TPSA) is 33.3 Å². The Bertz CT molecular complexity index is 246. The van der Waals surface area contributed by atoms with E-state index in [1.54, 1.807) is 7.11 Å². The number of benzene rings is 1. The van der Waals surface area contributed by atoms with E-state index in [0.29, 0.717) is 0 Å². The molecule has 0 heterocycles. The summed E-state index contributed by atoms with van der Waals surface area (Å²) in [6.45, 7) is 2.89. The lowest BCUT2D eigenvalue weighted by Gasteiger charge is -2.05. The average Bonchev–Trinajstić information content (AvgIpc) is 2.25. The van der Waals surface area contributed by atoms with Gasteiger partial charge in [0.05, 0.1) is 7.11 Å². The van der Waals surface area contributed by atoms with Crippen LogP contribution < -0.4 is 15.4 Å². The van der Waals surface area contributed by atoms with Gasteiger partial charge in [0.2, 0.25) is 0 Å². The molecule has 0 bridgehead atoms. The molecule has 0 aliphatic carbocycles. The molecule has 0 aromatic heterocycles. The summed E-state index contributed by atoms with van der Waals surface area (Å²) in [5.41, 5.74) is 1.28. The van der Waals surface area contributed by atoms with E-state index in [4.69, 9.17) is 4.74 Å². The van der Waals surface area contributed by atoms with E-state index < -0.39 is 0 Å². The predicted molar refractivity (Wildman–Crippen MR) is 58.6 cm³/mol. The summed E-state index contributed by atoms with van der Waals surface area (Å²) in [5, 5.41) is 6.43. The van der Waals surface area contributed by atoms with Crippen molar-refractivity contribution in [1.29, 1.82) is 0 Å². The Morgan fingerprint density at radius 2 is 1.86 bits per heavy atom. The molecule has 0 unspecified atom stereocenters. The van der Waals surface area contributed by atoms with Gasteiger partial charge in [-0.15, -0.1) is 0 Å². The number of methoxy groups -OCH3 is 1. The minimum Gasteiger partial charge on any atom is -0.497 e. The summed E-state index contributed by atoms with van der Waals surface area (Å²) >= 11 is 0. The highest BCUT2D eigenvalue weighted by Crippen LogP contribution is 2.10. The number of nitrogens with one attached hydrogen (secondary N) is 2. The van der Waals surface area contributed by atoms with Gasteiger partial charge < -0.3 is 15.4 Å². The lowest BCUT2D eigenvalue weighted by atomic mass is 10.2. The molecule has 0 saturated carbocycles. The summed E-state index contributed by atoms with van der Waals surface area (Å²) in [6.07, 6.45) is 0. The molecule has 78 valence electrons. The first-order valence-electron chi connectivity index (χ1n) is 4.85. The van der Waals surface area contributed by atoms with Crippen LogP contribution in [0.5, 0.6) is 5.75 Å². The van der Waals surface area contributed by atoms with Crippen molar-refractivity contribution in [2.45, 2.75) is 6.54 Å². The molecule has 0 aliphatic rings. The van der Waals surface area contributed by atoms with Gasteiger partial charge in [-0.05, 0) is 24.7 Å². The Labute approximate surface area is 85.5 Å². The van der Waals surface area contributed by atoms with E-state index in [2.05, 4.69) is 22.8 Å². The van der Waals surface area contributed by atoms with Crippen LogP contribution in [0.15, 0.2) is 24.3 Å². The van der Waals surface area contributed by atoms with Gasteiger partial charge in [0.15, 0.2) is 0 Å². The van der Waals surface area contributed by atoms with Crippen molar-refractivity contribution in [2.75, 3.05) is 27.2 Å². The van der Waals surface area contributed by atoms with E-state index >= 15 is 0 Å². The monoisotopic (exact) mass is 194 g/mol. The molecule has 0 amide bonds. The molecule has 0 saturated heterocycles. The number of rotatable bonds is 6. The van der Waals surface area contributed by atoms with Gasteiger partial charge >= 0.3 is 0 Å². The Hall–Kier alpha value is -1.06. The second-order valence-corrected chi connectivity index (χ2v) is 3.13. The van der Waals surface area contributed by atoms with Crippen molar-refractivity contribution >= 4 is 0 Å². The molecule has 2 N–H and O–H groups in total. The molecule has 14 heavy (non-hydrogen) atoms. The lowest BCUT2D eigenvalue weighted by molar-refractivity contribution is 0.414. The third-order valence-corrected chi connectivity index (χ3v) is 2.04. The summed E-state index contributed by atoms with van der Waals surface area (Å²) < 4.78 is 5.08. The third kappa shape index (κ3) is 3.77. The van der Waals surface area contributed by atoms with Crippen molar-refractivity contribution in [3.05, 3.63) is 29.8 Å². The molecule has 3 nitrogen and oxygen atoms in total. The Morgan fingerprint density at radius 1 is 1.14 bits per heavy atom. The first kappa shape index (κ1) is 11.0. The van der Waals surface area contributed by atoms with E-state index in [1.807, 2.05) is 19.2 Å². The highest BCUT2D eigenvalue weighted by atomic mass is 16.5. The highest BCUT2D eigenvalue weighted by molar-refractivity contribution is 5.26. The van der Waals surface area contributed by atoms with Crippen LogP contribution in [0.1, 0.15) is 5.56 Å². The molecular weight excluding hydrogens is 176 g/mol.